The van der Waals surface area contributed by atoms with Crippen LogP contribution in [0.25, 0.3) is 5.69 Å². The van der Waals surface area contributed by atoms with Crippen LogP contribution in [0.4, 0.5) is 5.95 Å². The Morgan fingerprint density at radius 1 is 1.28 bits per heavy atom. The lowest BCUT2D eigenvalue weighted by molar-refractivity contribution is 0.0970. The first-order valence-electron chi connectivity index (χ1n) is 7.33. The highest BCUT2D eigenvalue weighted by Gasteiger charge is 2.24. The van der Waals surface area contributed by atoms with E-state index in [-0.39, 0.29) is 17.3 Å². The summed E-state index contributed by atoms with van der Waals surface area (Å²) >= 11 is 3.41. The Balaban J connectivity index is 2.10. The number of aromatic nitrogens is 4. The molecule has 2 amide bonds. The molecule has 0 radical (unpaired) electrons. The summed E-state index contributed by atoms with van der Waals surface area (Å²) in [5, 5.41) is 2.62. The van der Waals surface area contributed by atoms with Crippen LogP contribution in [0.2, 0.25) is 0 Å². The number of carbonyl (C=O) groups is 2. The molecule has 25 heavy (non-hydrogen) atoms. The normalized spacial score (nSPS) is 10.7. The van der Waals surface area contributed by atoms with Gasteiger partial charge in [-0.2, -0.15) is 0 Å². The minimum absolute atomic E-state index is 0.0442. The molecule has 128 valence electrons. The highest BCUT2D eigenvalue weighted by molar-refractivity contribution is 9.10. The first kappa shape index (κ1) is 16.9. The fourth-order valence-electron chi connectivity index (χ4n) is 2.41. The molecule has 4 N–H and O–H groups in total. The van der Waals surface area contributed by atoms with Crippen LogP contribution in [0.15, 0.2) is 35.2 Å². The van der Waals surface area contributed by atoms with Crippen LogP contribution in [0, 0.1) is 13.8 Å². The van der Waals surface area contributed by atoms with Crippen molar-refractivity contribution in [2.45, 2.75) is 13.8 Å². The molecule has 2 aromatic heterocycles. The Labute approximate surface area is 151 Å². The van der Waals surface area contributed by atoms with Gasteiger partial charge in [-0.1, -0.05) is 22.0 Å². The van der Waals surface area contributed by atoms with E-state index in [1.165, 1.54) is 10.9 Å². The van der Waals surface area contributed by atoms with Crippen molar-refractivity contribution in [3.63, 3.8) is 0 Å². The Bertz CT molecular complexity index is 975. The minimum Gasteiger partial charge on any atom is -0.364 e. The number of amides is 2. The third-order valence-corrected chi connectivity index (χ3v) is 4.07. The third-order valence-electron chi connectivity index (χ3n) is 3.58. The zero-order chi connectivity index (χ0) is 18.1. The van der Waals surface area contributed by atoms with Gasteiger partial charge in [0.25, 0.3) is 11.8 Å². The fourth-order valence-corrected chi connectivity index (χ4v) is 2.76. The lowest BCUT2D eigenvalue weighted by Crippen LogP contribution is -2.23. The molecule has 0 spiro atoms. The maximum atomic E-state index is 12.7. The van der Waals surface area contributed by atoms with Crippen molar-refractivity contribution in [2.75, 3.05) is 5.32 Å². The molecular formula is C16H15BrN6O2. The summed E-state index contributed by atoms with van der Waals surface area (Å²) < 4.78 is 2.36. The van der Waals surface area contributed by atoms with Crippen LogP contribution in [0.3, 0.4) is 0 Å². The van der Waals surface area contributed by atoms with Gasteiger partial charge in [0.2, 0.25) is 5.95 Å². The monoisotopic (exact) mass is 402 g/mol. The summed E-state index contributed by atoms with van der Waals surface area (Å²) in [6.07, 6.45) is 2.98. The van der Waals surface area contributed by atoms with E-state index in [2.05, 4.69) is 36.2 Å². The summed E-state index contributed by atoms with van der Waals surface area (Å²) in [5.41, 5.74) is 7.71. The molecule has 0 unspecified atom stereocenters. The van der Waals surface area contributed by atoms with Crippen LogP contribution in [-0.4, -0.2) is 31.3 Å². The number of nitrogens with two attached hydrogens (primary N) is 1. The molecule has 0 atom stereocenters. The molecule has 0 aliphatic carbocycles. The van der Waals surface area contributed by atoms with Gasteiger partial charge in [-0.25, -0.2) is 9.97 Å². The third kappa shape index (κ3) is 3.31. The number of aromatic amines is 1. The molecule has 8 nitrogen and oxygen atoms in total. The Morgan fingerprint density at radius 3 is 2.68 bits per heavy atom. The number of nitrogens with one attached hydrogen (secondary N) is 2. The molecule has 0 fully saturated rings. The number of hydrogen-bond acceptors (Lipinski definition) is 4. The molecule has 9 heteroatoms. The summed E-state index contributed by atoms with van der Waals surface area (Å²) in [5.74, 6) is -1.05. The van der Waals surface area contributed by atoms with Crippen molar-refractivity contribution in [1.82, 2.24) is 19.5 Å². The zero-order valence-electron chi connectivity index (χ0n) is 13.5. The summed E-state index contributed by atoms with van der Waals surface area (Å²) in [6.45, 7) is 3.70. The van der Waals surface area contributed by atoms with Gasteiger partial charge in [0.15, 0.2) is 5.69 Å². The number of H-pyrrole nitrogens is 1. The largest absolute Gasteiger partial charge is 0.364 e. The maximum Gasteiger partial charge on any atom is 0.277 e. The van der Waals surface area contributed by atoms with Gasteiger partial charge in [0, 0.05) is 16.4 Å². The molecular weight excluding hydrogens is 388 g/mol. The van der Waals surface area contributed by atoms with Gasteiger partial charge in [0.05, 0.1) is 5.69 Å². The Morgan fingerprint density at radius 2 is 2.04 bits per heavy atom. The lowest BCUT2D eigenvalue weighted by Gasteiger charge is -2.12. The number of anilines is 1. The quantitative estimate of drug-likeness (QED) is 0.620. The molecule has 3 aromatic rings. The van der Waals surface area contributed by atoms with E-state index in [9.17, 15) is 9.59 Å². The topological polar surface area (TPSA) is 119 Å². The first-order chi connectivity index (χ1) is 11.9. The average Bonchev–Trinajstić information content (AvgIpc) is 3.16. The van der Waals surface area contributed by atoms with Crippen LogP contribution < -0.4 is 11.1 Å². The van der Waals surface area contributed by atoms with E-state index in [0.717, 1.165) is 15.7 Å². The number of rotatable bonds is 4. The lowest BCUT2D eigenvalue weighted by atomic mass is 10.2. The number of imidazole rings is 2. The van der Waals surface area contributed by atoms with Crippen molar-refractivity contribution in [2.24, 2.45) is 5.73 Å². The minimum atomic E-state index is -0.785. The number of primary amides is 1. The van der Waals surface area contributed by atoms with Gasteiger partial charge in [-0.15, -0.1) is 0 Å². The summed E-state index contributed by atoms with van der Waals surface area (Å²) in [6, 6.07) is 5.60. The number of hydrogen-bond donors (Lipinski definition) is 3. The molecule has 3 rings (SSSR count). The second kappa shape index (κ2) is 6.52. The number of halogens is 1. The van der Waals surface area contributed by atoms with Crippen molar-refractivity contribution in [1.29, 1.82) is 0 Å². The molecule has 2 heterocycles. The van der Waals surface area contributed by atoms with E-state index in [1.54, 1.807) is 6.20 Å². The number of aryl methyl sites for hydroxylation is 2. The van der Waals surface area contributed by atoms with Crippen LogP contribution in [0.1, 0.15) is 32.2 Å². The van der Waals surface area contributed by atoms with Crippen LogP contribution >= 0.6 is 15.9 Å². The molecule has 0 saturated heterocycles. The summed E-state index contributed by atoms with van der Waals surface area (Å²) in [4.78, 5) is 35.4. The van der Waals surface area contributed by atoms with E-state index >= 15 is 0 Å². The number of nitrogens with zero attached hydrogens (tertiary/aromatic N) is 3. The number of carbonyl (C=O) groups excluding carboxylic acids is 2. The van der Waals surface area contributed by atoms with E-state index in [1.807, 2.05) is 32.0 Å². The summed E-state index contributed by atoms with van der Waals surface area (Å²) in [7, 11) is 0. The predicted molar refractivity (Wildman–Crippen MR) is 95.8 cm³/mol. The molecule has 0 bridgehead atoms. The van der Waals surface area contributed by atoms with Crippen LogP contribution in [0.5, 0.6) is 0 Å². The van der Waals surface area contributed by atoms with Crippen molar-refractivity contribution in [3.05, 3.63) is 57.8 Å². The average molecular weight is 403 g/mol. The van der Waals surface area contributed by atoms with E-state index < -0.39 is 11.8 Å². The fraction of sp³-hybridized carbons (Fsp3) is 0.125. The zero-order valence-corrected chi connectivity index (χ0v) is 15.1. The second-order valence-electron chi connectivity index (χ2n) is 5.48. The van der Waals surface area contributed by atoms with E-state index in [4.69, 9.17) is 5.73 Å². The van der Waals surface area contributed by atoms with E-state index in [0.29, 0.717) is 5.69 Å². The first-order valence-corrected chi connectivity index (χ1v) is 8.12. The van der Waals surface area contributed by atoms with Gasteiger partial charge in [0.1, 0.15) is 12.0 Å². The van der Waals surface area contributed by atoms with Gasteiger partial charge >= 0.3 is 0 Å². The second-order valence-corrected chi connectivity index (χ2v) is 6.39. The van der Waals surface area contributed by atoms with Gasteiger partial charge in [-0.05, 0) is 31.5 Å². The molecule has 0 aliphatic heterocycles. The Hall–Kier alpha value is -2.94. The van der Waals surface area contributed by atoms with Crippen LogP contribution in [-0.2, 0) is 0 Å². The smallest absolute Gasteiger partial charge is 0.277 e. The molecule has 0 saturated carbocycles. The standard InChI is InChI=1S/C16H15BrN6O2/c1-8-3-4-10(17)5-11(8)23-7-20-12(14(18)24)13(23)15(25)22-16-19-6-9(2)21-16/h3-7H,1-2H3,(H2,18,24)(H2,19,21,22,25). The maximum absolute atomic E-state index is 12.7. The number of benzene rings is 1. The molecule has 0 aliphatic rings. The molecule has 1 aromatic carbocycles. The SMILES string of the molecule is Cc1cnc(NC(=O)c2c(C(N)=O)ncn2-c2cc(Br)ccc2C)[nH]1. The van der Waals surface area contributed by atoms with Gasteiger partial charge < -0.3 is 10.7 Å². The highest BCUT2D eigenvalue weighted by Crippen LogP contribution is 2.23. The van der Waals surface area contributed by atoms with Crippen molar-refractivity contribution >= 4 is 33.7 Å². The van der Waals surface area contributed by atoms with Gasteiger partial charge in [-0.3, -0.25) is 19.5 Å². The predicted octanol–water partition coefficient (Wildman–Crippen LogP) is 2.33. The highest BCUT2D eigenvalue weighted by atomic mass is 79.9. The van der Waals surface area contributed by atoms with Crippen molar-refractivity contribution < 1.29 is 9.59 Å². The van der Waals surface area contributed by atoms with Crippen molar-refractivity contribution in [3.8, 4) is 5.69 Å². The Kier molecular flexibility index (Phi) is 4.41.